The van der Waals surface area contributed by atoms with Crippen LogP contribution in [0.3, 0.4) is 0 Å². The van der Waals surface area contributed by atoms with Crippen molar-refractivity contribution < 1.29 is 49.0 Å². The molecule has 7 atom stereocenters. The van der Waals surface area contributed by atoms with Crippen molar-refractivity contribution in [3.05, 3.63) is 6.20 Å². The van der Waals surface area contributed by atoms with Gasteiger partial charge in [-0.15, -0.1) is 5.10 Å². The second-order valence-electron chi connectivity index (χ2n) is 10.2. The normalized spacial score (nSPS) is 23.6. The van der Waals surface area contributed by atoms with E-state index < -0.39 is 48.8 Å². The van der Waals surface area contributed by atoms with Gasteiger partial charge in [-0.1, -0.05) is 44.7 Å². The molecule has 0 spiro atoms. The van der Waals surface area contributed by atoms with Crippen LogP contribution in [0.2, 0.25) is 0 Å². The van der Waals surface area contributed by atoms with Crippen LogP contribution in [0.15, 0.2) is 6.20 Å². The zero-order valence-corrected chi connectivity index (χ0v) is 25.0. The smallest absolute Gasteiger partial charge is 0.306 e. The number of rotatable bonds is 19. The lowest BCUT2D eigenvalue weighted by molar-refractivity contribution is -0.284. The van der Waals surface area contributed by atoms with Gasteiger partial charge in [0.05, 0.1) is 18.8 Å². The lowest BCUT2D eigenvalue weighted by atomic mass is 9.99. The number of aliphatic hydroxyl groups is 4. The molecule has 42 heavy (non-hydrogen) atoms. The molecule has 1 saturated heterocycles. The minimum Gasteiger partial charge on any atom is -0.462 e. The molecule has 0 aromatic carbocycles. The summed E-state index contributed by atoms with van der Waals surface area (Å²) in [5.41, 5.74) is 6.03. The molecule has 1 aromatic heterocycles. The number of nitrogens with one attached hydrogen (secondary N) is 1. The molecule has 1 aromatic rings. The Kier molecular flexibility index (Phi) is 16.3. The van der Waals surface area contributed by atoms with E-state index >= 15 is 0 Å². The lowest BCUT2D eigenvalue weighted by Gasteiger charge is -2.38. The number of carbonyl (C=O) groups excluding carboxylic acids is 3. The van der Waals surface area contributed by atoms with Gasteiger partial charge in [0, 0.05) is 24.3 Å². The monoisotopic (exact) mass is 619 g/mol. The fourth-order valence-electron chi connectivity index (χ4n) is 3.99. The maximum absolute atomic E-state index is 12.6. The molecule has 2 heterocycles. The number of esters is 2. The van der Waals surface area contributed by atoms with Crippen LogP contribution >= 0.6 is 11.8 Å². The van der Waals surface area contributed by atoms with Crippen LogP contribution in [0.1, 0.15) is 65.2 Å². The number of ether oxygens (including phenoxy) is 3. The summed E-state index contributed by atoms with van der Waals surface area (Å²) < 4.78 is 17.2. The van der Waals surface area contributed by atoms with Crippen molar-refractivity contribution in [1.82, 2.24) is 15.0 Å². The highest BCUT2D eigenvalue weighted by molar-refractivity contribution is 7.99. The molecule has 1 amide bonds. The maximum atomic E-state index is 12.6. The van der Waals surface area contributed by atoms with Gasteiger partial charge in [0.2, 0.25) is 5.91 Å². The number of hydrogen-bond acceptors (Lipinski definition) is 14. The Labute approximate surface area is 249 Å². The van der Waals surface area contributed by atoms with Gasteiger partial charge >= 0.3 is 11.9 Å². The van der Waals surface area contributed by atoms with Crippen LogP contribution in [0, 0.1) is 0 Å². The molecule has 15 nitrogen and oxygen atoms in total. The van der Waals surface area contributed by atoms with E-state index in [1.807, 2.05) is 13.8 Å². The third-order valence-corrected chi connectivity index (χ3v) is 7.68. The first kappa shape index (κ1) is 35.9. The van der Waals surface area contributed by atoms with E-state index in [-0.39, 0.29) is 48.8 Å². The van der Waals surface area contributed by atoms with Gasteiger partial charge in [-0.05, 0) is 12.8 Å². The summed E-state index contributed by atoms with van der Waals surface area (Å²) in [5, 5.41) is 49.4. The van der Waals surface area contributed by atoms with E-state index in [0.717, 1.165) is 32.1 Å². The number of nitrogens with zero attached hydrogens (tertiary/aromatic N) is 3. The van der Waals surface area contributed by atoms with Gasteiger partial charge in [-0.3, -0.25) is 14.4 Å². The third kappa shape index (κ3) is 12.5. The molecular formula is C26H45N5O10S. The quantitative estimate of drug-likeness (QED) is 0.0862. The molecule has 0 bridgehead atoms. The highest BCUT2D eigenvalue weighted by Crippen LogP contribution is 2.21. The average Bonchev–Trinajstić information content (AvgIpc) is 3.39. The number of aromatic nitrogens is 3. The van der Waals surface area contributed by atoms with Crippen LogP contribution in [-0.2, 0) is 35.1 Å². The fourth-order valence-corrected chi connectivity index (χ4v) is 4.96. The number of hydrogen-bond donors (Lipinski definition) is 6. The predicted octanol–water partition coefficient (Wildman–Crippen LogP) is -0.307. The summed E-state index contributed by atoms with van der Waals surface area (Å²) in [7, 11) is 0. The number of nitrogens with two attached hydrogens (primary N) is 1. The molecular weight excluding hydrogens is 574 g/mol. The molecule has 1 fully saturated rings. The fraction of sp³-hybridized carbons (Fsp3) is 0.808. The Morgan fingerprint density at radius 3 is 2.36 bits per heavy atom. The zero-order chi connectivity index (χ0) is 31.1. The number of aliphatic hydroxyl groups excluding tert-OH is 4. The maximum Gasteiger partial charge on any atom is 0.306 e. The van der Waals surface area contributed by atoms with Crippen molar-refractivity contribution in [2.24, 2.45) is 5.73 Å². The second-order valence-corrected chi connectivity index (χ2v) is 11.3. The van der Waals surface area contributed by atoms with Gasteiger partial charge in [0.15, 0.2) is 12.1 Å². The molecule has 5 unspecified atom stereocenters. The Morgan fingerprint density at radius 2 is 1.69 bits per heavy atom. The van der Waals surface area contributed by atoms with Crippen molar-refractivity contribution in [3.8, 4) is 0 Å². The molecule has 1 aliphatic heterocycles. The van der Waals surface area contributed by atoms with Gasteiger partial charge in [-0.2, -0.15) is 11.8 Å². The highest BCUT2D eigenvalue weighted by Gasteiger charge is 2.43. The van der Waals surface area contributed by atoms with Crippen LogP contribution in [0.25, 0.3) is 0 Å². The number of thioether (sulfide) groups is 1. The van der Waals surface area contributed by atoms with Crippen LogP contribution < -0.4 is 11.1 Å². The van der Waals surface area contributed by atoms with E-state index in [9.17, 15) is 34.8 Å². The molecule has 1 aliphatic rings. The van der Waals surface area contributed by atoms with Gasteiger partial charge in [-0.25, -0.2) is 4.68 Å². The minimum absolute atomic E-state index is 0.0701. The molecule has 0 saturated carbocycles. The van der Waals surface area contributed by atoms with E-state index in [1.165, 1.54) is 22.6 Å². The van der Waals surface area contributed by atoms with Crippen LogP contribution in [0.5, 0.6) is 0 Å². The predicted molar refractivity (Wildman–Crippen MR) is 152 cm³/mol. The Bertz CT molecular complexity index is 970. The van der Waals surface area contributed by atoms with Gasteiger partial charge in [0.25, 0.3) is 0 Å². The Balaban J connectivity index is 1.82. The van der Waals surface area contributed by atoms with Crippen molar-refractivity contribution in [2.45, 2.75) is 115 Å². The number of anilines is 1. The van der Waals surface area contributed by atoms with E-state index in [1.54, 1.807) is 0 Å². The summed E-state index contributed by atoms with van der Waals surface area (Å²) in [6.07, 6.45) is -1.06. The largest absolute Gasteiger partial charge is 0.462 e. The lowest BCUT2D eigenvalue weighted by Crippen LogP contribution is -2.58. The van der Waals surface area contributed by atoms with Crippen molar-refractivity contribution in [3.63, 3.8) is 0 Å². The van der Waals surface area contributed by atoms with Gasteiger partial charge < -0.3 is 45.7 Å². The number of amides is 1. The van der Waals surface area contributed by atoms with E-state index in [2.05, 4.69) is 15.6 Å². The molecule has 2 rings (SSSR count). The Hall–Kier alpha value is -2.34. The van der Waals surface area contributed by atoms with Crippen molar-refractivity contribution in [1.29, 1.82) is 0 Å². The van der Waals surface area contributed by atoms with Crippen molar-refractivity contribution >= 4 is 35.4 Å². The number of unbranched alkanes of at least 4 members (excludes halogenated alkanes) is 4. The second kappa shape index (κ2) is 19.0. The van der Waals surface area contributed by atoms with Gasteiger partial charge in [0.1, 0.15) is 37.1 Å². The Morgan fingerprint density at radius 1 is 1.02 bits per heavy atom. The van der Waals surface area contributed by atoms with E-state index in [4.69, 9.17) is 19.9 Å². The van der Waals surface area contributed by atoms with Crippen LogP contribution in [-0.4, -0.2) is 114 Å². The summed E-state index contributed by atoms with van der Waals surface area (Å²) in [5.74, 6) is -0.746. The average molecular weight is 620 g/mol. The summed E-state index contributed by atoms with van der Waals surface area (Å²) in [4.78, 5) is 36.9. The topological polar surface area (TPSA) is 229 Å². The molecule has 0 radical (unpaired) electrons. The third-order valence-electron chi connectivity index (χ3n) is 6.48. The van der Waals surface area contributed by atoms with Crippen LogP contribution in [0.4, 0.5) is 5.82 Å². The molecule has 0 aliphatic carbocycles. The van der Waals surface area contributed by atoms with E-state index in [0.29, 0.717) is 12.8 Å². The standard InChI is InChI=1S/C26H45N5O10S/c1-3-5-7-9-20(32)39-13-16(40-21(33)10-8-6-4-2)14-42-15-17(27)25(37)28-19-12-31(30-29-19)11-18-22(34)23(35)24(36)26(38)41-18/h12,16-18,22-24,26,34-36,38H,3-11,13-15,27H2,1-2H3,(H,28,37)/t16-,17-,18?,22?,23?,24?,26?/m1/s1. The number of carbonyl (C=O) groups is 3. The summed E-state index contributed by atoms with van der Waals surface area (Å²) in [6.45, 7) is 3.87. The highest BCUT2D eigenvalue weighted by atomic mass is 32.2. The molecule has 16 heteroatoms. The molecule has 7 N–H and O–H groups in total. The zero-order valence-electron chi connectivity index (χ0n) is 24.2. The minimum atomic E-state index is -1.69. The first-order valence-electron chi connectivity index (χ1n) is 14.3. The first-order valence-corrected chi connectivity index (χ1v) is 15.5. The molecule has 240 valence electrons. The summed E-state index contributed by atoms with van der Waals surface area (Å²) >= 11 is 1.27. The SMILES string of the molecule is CCCCCC(=O)OC[C@H](CSC[C@@H](N)C(=O)Nc1cn(CC2OC(O)C(O)C(O)C2O)nn1)OC(=O)CCCCC. The first-order chi connectivity index (χ1) is 20.0. The summed E-state index contributed by atoms with van der Waals surface area (Å²) in [6, 6.07) is -0.951. The van der Waals surface area contributed by atoms with Crippen molar-refractivity contribution in [2.75, 3.05) is 23.4 Å².